The highest BCUT2D eigenvalue weighted by molar-refractivity contribution is 5.90. The molecule has 120 valence electrons. The molecule has 0 atom stereocenters. The molecule has 0 bridgehead atoms. The van der Waals surface area contributed by atoms with Gasteiger partial charge in [-0.2, -0.15) is 0 Å². The van der Waals surface area contributed by atoms with Crippen LogP contribution in [-0.4, -0.2) is 31.5 Å². The predicted octanol–water partition coefficient (Wildman–Crippen LogP) is 3.88. The van der Waals surface area contributed by atoms with E-state index in [4.69, 9.17) is 9.47 Å². The molecule has 2 aliphatic heterocycles. The monoisotopic (exact) mass is 303 g/mol. The zero-order valence-corrected chi connectivity index (χ0v) is 13.7. The van der Waals surface area contributed by atoms with Crippen molar-refractivity contribution in [3.05, 3.63) is 29.3 Å². The van der Waals surface area contributed by atoms with Gasteiger partial charge in [0.2, 0.25) is 0 Å². The number of rotatable bonds is 1. The second-order valence-electron chi connectivity index (χ2n) is 7.16. The Kier molecular flexibility index (Phi) is 4.13. The molecule has 1 aromatic carbocycles. The van der Waals surface area contributed by atoms with E-state index in [1.165, 1.54) is 11.1 Å². The molecule has 4 heteroatoms. The molecule has 0 spiro atoms. The van der Waals surface area contributed by atoms with Crippen molar-refractivity contribution in [2.24, 2.45) is 0 Å². The van der Waals surface area contributed by atoms with E-state index < -0.39 is 5.60 Å². The molecule has 2 aliphatic rings. The highest BCUT2D eigenvalue weighted by Crippen LogP contribution is 2.35. The van der Waals surface area contributed by atoms with Gasteiger partial charge in [-0.3, -0.25) is 4.90 Å². The van der Waals surface area contributed by atoms with Gasteiger partial charge in [-0.25, -0.2) is 4.79 Å². The molecule has 0 radical (unpaired) electrons. The average Bonchev–Trinajstić information content (AvgIpc) is 2.89. The zero-order valence-electron chi connectivity index (χ0n) is 13.7. The van der Waals surface area contributed by atoms with Crippen LogP contribution in [0.1, 0.15) is 50.7 Å². The van der Waals surface area contributed by atoms with Crippen molar-refractivity contribution in [1.29, 1.82) is 0 Å². The van der Waals surface area contributed by atoms with Crippen molar-refractivity contribution in [1.82, 2.24) is 0 Å². The fourth-order valence-corrected chi connectivity index (χ4v) is 3.19. The highest BCUT2D eigenvalue weighted by atomic mass is 16.6. The number of fused-ring (bicyclic) bond motifs is 1. The first-order valence-electron chi connectivity index (χ1n) is 8.15. The second-order valence-corrected chi connectivity index (χ2v) is 7.16. The van der Waals surface area contributed by atoms with Gasteiger partial charge in [0.1, 0.15) is 5.60 Å². The average molecular weight is 303 g/mol. The summed E-state index contributed by atoms with van der Waals surface area (Å²) in [6.45, 7) is 8.08. The van der Waals surface area contributed by atoms with Gasteiger partial charge < -0.3 is 9.47 Å². The largest absolute Gasteiger partial charge is 0.443 e. The minimum Gasteiger partial charge on any atom is -0.443 e. The summed E-state index contributed by atoms with van der Waals surface area (Å²) < 4.78 is 11.0. The van der Waals surface area contributed by atoms with E-state index in [1.54, 1.807) is 4.90 Å². The van der Waals surface area contributed by atoms with Gasteiger partial charge in [0.05, 0.1) is 5.69 Å². The van der Waals surface area contributed by atoms with Crippen LogP contribution in [0.25, 0.3) is 0 Å². The Balaban J connectivity index is 1.81. The lowest BCUT2D eigenvalue weighted by Crippen LogP contribution is -2.35. The maximum Gasteiger partial charge on any atom is 0.414 e. The minimum atomic E-state index is -0.460. The van der Waals surface area contributed by atoms with Crippen LogP contribution in [0.2, 0.25) is 0 Å². The molecule has 4 nitrogen and oxygen atoms in total. The summed E-state index contributed by atoms with van der Waals surface area (Å²) in [7, 11) is 0. The van der Waals surface area contributed by atoms with Crippen LogP contribution in [0.3, 0.4) is 0 Å². The third-order valence-corrected chi connectivity index (χ3v) is 4.31. The van der Waals surface area contributed by atoms with Gasteiger partial charge in [-0.05, 0) is 63.1 Å². The minimum absolute atomic E-state index is 0.240. The Morgan fingerprint density at radius 3 is 2.68 bits per heavy atom. The summed E-state index contributed by atoms with van der Waals surface area (Å²) in [6.07, 6.45) is 2.79. The van der Waals surface area contributed by atoms with E-state index in [9.17, 15) is 4.79 Å². The molecule has 0 N–H and O–H groups in total. The molecular formula is C18H25NO3. The van der Waals surface area contributed by atoms with E-state index in [-0.39, 0.29) is 6.09 Å². The van der Waals surface area contributed by atoms with Crippen LogP contribution in [-0.2, 0) is 15.9 Å². The lowest BCUT2D eigenvalue weighted by Gasteiger charge is -2.26. The Morgan fingerprint density at radius 2 is 2.00 bits per heavy atom. The van der Waals surface area contributed by atoms with Crippen LogP contribution in [0, 0.1) is 0 Å². The summed E-state index contributed by atoms with van der Waals surface area (Å²) in [5, 5.41) is 0. The predicted molar refractivity (Wildman–Crippen MR) is 86.5 cm³/mol. The van der Waals surface area contributed by atoms with Crippen molar-refractivity contribution in [2.45, 2.75) is 51.6 Å². The number of carbonyl (C=O) groups excluding carboxylic acids is 1. The smallest absolute Gasteiger partial charge is 0.414 e. The number of carbonyl (C=O) groups is 1. The first-order chi connectivity index (χ1) is 10.4. The van der Waals surface area contributed by atoms with Crippen LogP contribution in [0.15, 0.2) is 18.2 Å². The normalized spacial score (nSPS) is 19.1. The summed E-state index contributed by atoms with van der Waals surface area (Å²) in [4.78, 5) is 14.2. The Morgan fingerprint density at radius 1 is 1.27 bits per heavy atom. The van der Waals surface area contributed by atoms with Crippen LogP contribution in [0.4, 0.5) is 10.5 Å². The van der Waals surface area contributed by atoms with Crippen molar-refractivity contribution >= 4 is 11.8 Å². The molecular weight excluding hydrogens is 278 g/mol. The fraction of sp³-hybridized carbons (Fsp3) is 0.611. The lowest BCUT2D eigenvalue weighted by molar-refractivity contribution is 0.0584. The van der Waals surface area contributed by atoms with E-state index >= 15 is 0 Å². The summed E-state index contributed by atoms with van der Waals surface area (Å²) >= 11 is 0. The number of hydrogen-bond acceptors (Lipinski definition) is 3. The van der Waals surface area contributed by atoms with E-state index in [0.717, 1.165) is 38.2 Å². The molecule has 0 saturated carbocycles. The summed E-state index contributed by atoms with van der Waals surface area (Å²) in [6, 6.07) is 6.57. The lowest BCUT2D eigenvalue weighted by atomic mass is 9.90. The molecule has 0 unspecified atom stereocenters. The van der Waals surface area contributed by atoms with Crippen LogP contribution in [0.5, 0.6) is 0 Å². The maximum atomic E-state index is 12.4. The molecule has 22 heavy (non-hydrogen) atoms. The number of amides is 1. The Labute approximate surface area is 132 Å². The molecule has 1 fully saturated rings. The van der Waals surface area contributed by atoms with E-state index in [1.807, 2.05) is 20.8 Å². The summed E-state index contributed by atoms with van der Waals surface area (Å²) in [5.74, 6) is 0.542. The standard InChI is InChI=1S/C18H25NO3/c1-18(2,3)22-17(20)19-9-6-14-4-5-15(12-16(14)19)13-7-10-21-11-8-13/h4-5,12-13H,6-11H2,1-3H3. The van der Waals surface area contributed by atoms with Gasteiger partial charge in [0.15, 0.2) is 0 Å². The molecule has 0 aromatic heterocycles. The van der Waals surface area contributed by atoms with Crippen LogP contribution >= 0.6 is 0 Å². The third kappa shape index (κ3) is 3.27. The number of nitrogens with zero attached hydrogens (tertiary/aromatic N) is 1. The molecule has 2 heterocycles. The highest BCUT2D eigenvalue weighted by Gasteiger charge is 2.29. The Bertz CT molecular complexity index is 556. The maximum absolute atomic E-state index is 12.4. The molecule has 1 aromatic rings. The quantitative estimate of drug-likeness (QED) is 0.790. The van der Waals surface area contributed by atoms with Crippen molar-refractivity contribution in [2.75, 3.05) is 24.7 Å². The summed E-state index contributed by atoms with van der Waals surface area (Å²) in [5.41, 5.74) is 3.12. The van der Waals surface area contributed by atoms with Gasteiger partial charge in [-0.15, -0.1) is 0 Å². The molecule has 1 saturated heterocycles. The number of benzene rings is 1. The number of anilines is 1. The molecule has 0 aliphatic carbocycles. The van der Waals surface area contributed by atoms with Crippen LogP contribution < -0.4 is 4.90 Å². The van der Waals surface area contributed by atoms with Gasteiger partial charge in [0, 0.05) is 19.8 Å². The van der Waals surface area contributed by atoms with Gasteiger partial charge in [-0.1, -0.05) is 12.1 Å². The topological polar surface area (TPSA) is 38.8 Å². The van der Waals surface area contributed by atoms with Crippen molar-refractivity contribution in [3.63, 3.8) is 0 Å². The second kappa shape index (κ2) is 5.92. The SMILES string of the molecule is CC(C)(C)OC(=O)N1CCc2ccc(C3CCOCC3)cc21. The zero-order chi connectivity index (χ0) is 15.7. The molecule has 3 rings (SSSR count). The third-order valence-electron chi connectivity index (χ3n) is 4.31. The number of hydrogen-bond donors (Lipinski definition) is 0. The first kappa shape index (κ1) is 15.3. The van der Waals surface area contributed by atoms with E-state index in [0.29, 0.717) is 12.5 Å². The van der Waals surface area contributed by atoms with Gasteiger partial charge in [0.25, 0.3) is 0 Å². The van der Waals surface area contributed by atoms with Crippen molar-refractivity contribution in [3.8, 4) is 0 Å². The van der Waals surface area contributed by atoms with Gasteiger partial charge >= 0.3 is 6.09 Å². The fourth-order valence-electron chi connectivity index (χ4n) is 3.19. The Hall–Kier alpha value is -1.55. The van der Waals surface area contributed by atoms with Crippen molar-refractivity contribution < 1.29 is 14.3 Å². The number of ether oxygens (including phenoxy) is 2. The van der Waals surface area contributed by atoms with E-state index in [2.05, 4.69) is 18.2 Å². The first-order valence-corrected chi connectivity index (χ1v) is 8.15. The molecule has 1 amide bonds.